The molecule has 8 nitrogen and oxygen atoms in total. The van der Waals surface area contributed by atoms with Gasteiger partial charge in [0.2, 0.25) is 6.79 Å². The molecule has 3 heterocycles. The molecule has 4 N–H and O–H groups in total. The maximum absolute atomic E-state index is 6.17. The van der Waals surface area contributed by atoms with E-state index in [1.54, 1.807) is 11.8 Å². The number of ether oxygens (including phenoxy) is 2. The number of likely N-dealkylation sites (N-methyl/N-ethyl adjacent to an activating group) is 1. The van der Waals surface area contributed by atoms with E-state index in [1.807, 2.05) is 20.2 Å². The van der Waals surface area contributed by atoms with Gasteiger partial charge in [-0.1, -0.05) is 32.5 Å². The van der Waals surface area contributed by atoms with E-state index in [1.165, 1.54) is 0 Å². The van der Waals surface area contributed by atoms with Crippen molar-refractivity contribution in [2.75, 3.05) is 52.8 Å². The van der Waals surface area contributed by atoms with Crippen LogP contribution in [-0.2, 0) is 16.0 Å². The second kappa shape index (κ2) is 10.5. The molecule has 1 aromatic rings. The van der Waals surface area contributed by atoms with Gasteiger partial charge in [-0.05, 0) is 37.7 Å². The molecule has 0 bridgehead atoms. The molecule has 1 saturated heterocycles. The van der Waals surface area contributed by atoms with Crippen molar-refractivity contribution in [3.63, 3.8) is 0 Å². The fraction of sp³-hybridized carbons (Fsp3) is 0.591. The molecule has 31 heavy (non-hydrogen) atoms. The maximum atomic E-state index is 6.17. The van der Waals surface area contributed by atoms with Crippen LogP contribution in [0.5, 0.6) is 0 Å². The zero-order valence-corrected chi connectivity index (χ0v) is 20.1. The summed E-state index contributed by atoms with van der Waals surface area (Å²) in [7, 11) is 4.05. The number of hydrogen-bond acceptors (Lipinski definition) is 8. The largest absolute Gasteiger partial charge is 0.454 e. The third-order valence-corrected chi connectivity index (χ3v) is 5.68. The number of nitrogens with two attached hydrogens (primary N) is 1. The number of nitrogens with zero attached hydrogens (tertiary/aromatic N) is 3. The van der Waals surface area contributed by atoms with Crippen molar-refractivity contribution >= 4 is 23.7 Å². The molecule has 1 fully saturated rings. The van der Waals surface area contributed by atoms with Crippen LogP contribution in [-0.4, -0.2) is 67.3 Å². The Kier molecular flexibility index (Phi) is 7.96. The van der Waals surface area contributed by atoms with E-state index in [4.69, 9.17) is 20.2 Å². The summed E-state index contributed by atoms with van der Waals surface area (Å²) < 4.78 is 13.5. The monoisotopic (exact) mass is 448 g/mol. The van der Waals surface area contributed by atoms with Crippen molar-refractivity contribution in [1.29, 1.82) is 0 Å². The molecule has 0 radical (unpaired) electrons. The molecule has 0 atom stereocenters. The van der Waals surface area contributed by atoms with Gasteiger partial charge in [-0.25, -0.2) is 4.98 Å². The van der Waals surface area contributed by atoms with Crippen molar-refractivity contribution in [3.05, 3.63) is 34.4 Å². The smallest absolute Gasteiger partial charge is 0.231 e. The second-order valence-electron chi connectivity index (χ2n) is 9.13. The van der Waals surface area contributed by atoms with Gasteiger partial charge < -0.3 is 35.3 Å². The molecule has 1 aromatic heterocycles. The van der Waals surface area contributed by atoms with Gasteiger partial charge >= 0.3 is 0 Å². The standard InChI is InChI=1S/C22H36N6O2S/c1-22(2,3)14-24-10-12-28-16-6-9-25-20(23)19(16)26-21(28)31-13-8-18-17(29-15-30-18)7-11-27(4)5/h6-8,24-25H,9-15,23H2,1-5H3/b17-7+,18-8+. The fourth-order valence-corrected chi connectivity index (χ4v) is 4.13. The number of rotatable bonds is 9. The molecule has 172 valence electrons. The van der Waals surface area contributed by atoms with Gasteiger partial charge in [0.25, 0.3) is 0 Å². The lowest BCUT2D eigenvalue weighted by Crippen LogP contribution is -2.44. The third kappa shape index (κ3) is 6.69. The topological polar surface area (TPSA) is 89.6 Å². The van der Waals surface area contributed by atoms with Crippen LogP contribution in [0.15, 0.2) is 28.8 Å². The Hall–Kier alpha value is -2.10. The number of fused-ring (bicyclic) bond motifs is 1. The SMILES string of the molecule is CN(C)C/C=C1/OCO/C1=C/CSc1nc2c(n1CCNCC(C)(C)C)=CCNC=2N. The molecule has 3 rings (SSSR count). The van der Waals surface area contributed by atoms with E-state index in [9.17, 15) is 0 Å². The summed E-state index contributed by atoms with van der Waals surface area (Å²) in [5.41, 5.74) is 6.43. The first-order valence-electron chi connectivity index (χ1n) is 10.7. The van der Waals surface area contributed by atoms with Gasteiger partial charge in [0, 0.05) is 38.5 Å². The predicted molar refractivity (Wildman–Crippen MR) is 126 cm³/mol. The molecule has 2 aliphatic rings. The van der Waals surface area contributed by atoms with Gasteiger partial charge in [-0.2, -0.15) is 0 Å². The van der Waals surface area contributed by atoms with Crippen LogP contribution >= 0.6 is 11.8 Å². The van der Waals surface area contributed by atoms with Crippen molar-refractivity contribution in [2.24, 2.45) is 11.1 Å². The summed E-state index contributed by atoms with van der Waals surface area (Å²) in [5.74, 6) is 2.97. The molecule has 0 aromatic carbocycles. The van der Waals surface area contributed by atoms with Crippen molar-refractivity contribution in [3.8, 4) is 0 Å². The van der Waals surface area contributed by atoms with Crippen LogP contribution in [0.3, 0.4) is 0 Å². The van der Waals surface area contributed by atoms with Crippen LogP contribution in [0.2, 0.25) is 0 Å². The summed E-state index contributed by atoms with van der Waals surface area (Å²) in [5, 5.41) is 9.62. The zero-order valence-electron chi connectivity index (χ0n) is 19.3. The molecular weight excluding hydrogens is 412 g/mol. The molecule has 9 heteroatoms. The number of thioether (sulfide) groups is 1. The minimum Gasteiger partial charge on any atom is -0.454 e. The molecular formula is C22H36N6O2S. The maximum Gasteiger partial charge on any atom is 0.231 e. The summed E-state index contributed by atoms with van der Waals surface area (Å²) >= 11 is 1.68. The molecule has 0 aliphatic carbocycles. The lowest BCUT2D eigenvalue weighted by atomic mass is 9.97. The number of aromatic nitrogens is 2. The van der Waals surface area contributed by atoms with Crippen LogP contribution < -0.4 is 27.1 Å². The number of nitrogens with one attached hydrogen (secondary N) is 2. The number of hydrogen-bond donors (Lipinski definition) is 3. The van der Waals surface area contributed by atoms with Gasteiger partial charge in [-0.15, -0.1) is 0 Å². The Morgan fingerprint density at radius 3 is 2.74 bits per heavy atom. The Morgan fingerprint density at radius 1 is 1.29 bits per heavy atom. The van der Waals surface area contributed by atoms with E-state index < -0.39 is 0 Å². The molecule has 0 unspecified atom stereocenters. The van der Waals surface area contributed by atoms with E-state index >= 15 is 0 Å². The summed E-state index contributed by atoms with van der Waals surface area (Å²) in [6.45, 7) is 11.2. The van der Waals surface area contributed by atoms with Crippen LogP contribution in [0.4, 0.5) is 0 Å². The Balaban J connectivity index is 1.72. The Labute approximate surface area is 189 Å². The highest BCUT2D eigenvalue weighted by Crippen LogP contribution is 2.23. The van der Waals surface area contributed by atoms with Crippen LogP contribution in [0.1, 0.15) is 20.8 Å². The Morgan fingerprint density at radius 2 is 2.03 bits per heavy atom. The highest BCUT2D eigenvalue weighted by atomic mass is 32.2. The molecule has 0 spiro atoms. The number of imidazole rings is 1. The van der Waals surface area contributed by atoms with Gasteiger partial charge in [0.05, 0.1) is 5.35 Å². The van der Waals surface area contributed by atoms with Crippen molar-refractivity contribution < 1.29 is 9.47 Å². The van der Waals surface area contributed by atoms with Gasteiger partial charge in [-0.3, -0.25) is 0 Å². The van der Waals surface area contributed by atoms with Gasteiger partial charge in [0.15, 0.2) is 16.7 Å². The van der Waals surface area contributed by atoms with E-state index in [0.717, 1.165) is 65.8 Å². The van der Waals surface area contributed by atoms with Crippen molar-refractivity contribution in [1.82, 2.24) is 25.1 Å². The van der Waals surface area contributed by atoms with E-state index in [2.05, 4.69) is 53.0 Å². The van der Waals surface area contributed by atoms with Gasteiger partial charge in [0.1, 0.15) is 11.2 Å². The highest BCUT2D eigenvalue weighted by Gasteiger charge is 2.17. The Bertz CT molecular complexity index is 942. The lowest BCUT2D eigenvalue weighted by molar-refractivity contribution is 0.0972. The molecule has 0 saturated carbocycles. The quantitative estimate of drug-likeness (QED) is 0.368. The zero-order chi connectivity index (χ0) is 22.4. The molecule has 2 aliphatic heterocycles. The minimum absolute atomic E-state index is 0.257. The summed E-state index contributed by atoms with van der Waals surface area (Å²) in [4.78, 5) is 6.91. The van der Waals surface area contributed by atoms with E-state index in [0.29, 0.717) is 5.82 Å². The first kappa shape index (κ1) is 23.6. The normalized spacial score (nSPS) is 18.7. The summed E-state index contributed by atoms with van der Waals surface area (Å²) in [6, 6.07) is 0. The van der Waals surface area contributed by atoms with Crippen molar-refractivity contribution in [2.45, 2.75) is 32.5 Å². The first-order valence-corrected chi connectivity index (χ1v) is 11.7. The fourth-order valence-electron chi connectivity index (χ4n) is 3.25. The summed E-state index contributed by atoms with van der Waals surface area (Å²) in [6.07, 6.45) is 6.26. The van der Waals surface area contributed by atoms with E-state index in [-0.39, 0.29) is 12.2 Å². The van der Waals surface area contributed by atoms with Crippen LogP contribution in [0.25, 0.3) is 11.9 Å². The average Bonchev–Trinajstić information content (AvgIpc) is 3.28. The lowest BCUT2D eigenvalue weighted by Gasteiger charge is -2.19. The average molecular weight is 449 g/mol. The highest BCUT2D eigenvalue weighted by molar-refractivity contribution is 7.99. The third-order valence-electron chi connectivity index (χ3n) is 4.78. The van der Waals surface area contributed by atoms with Crippen LogP contribution in [0, 0.1) is 5.41 Å². The first-order chi connectivity index (χ1) is 14.7. The molecule has 0 amide bonds. The second-order valence-corrected chi connectivity index (χ2v) is 10.1. The minimum atomic E-state index is 0.257. The predicted octanol–water partition coefficient (Wildman–Crippen LogP) is 0.353.